The van der Waals surface area contributed by atoms with E-state index in [0.29, 0.717) is 5.56 Å². The zero-order chi connectivity index (χ0) is 23.5. The number of likely N-dealkylation sites (tertiary alicyclic amines) is 1. The molecule has 2 saturated heterocycles. The Hall–Kier alpha value is -3.32. The summed E-state index contributed by atoms with van der Waals surface area (Å²) in [6, 6.07) is 12.2. The number of aryl methyl sites for hydroxylation is 1. The van der Waals surface area contributed by atoms with Gasteiger partial charge in [0.05, 0.1) is 23.6 Å². The van der Waals surface area contributed by atoms with Crippen LogP contribution in [-0.2, 0) is 6.42 Å². The van der Waals surface area contributed by atoms with Gasteiger partial charge < -0.3 is 14.7 Å². The molecule has 0 spiro atoms. The van der Waals surface area contributed by atoms with Gasteiger partial charge in [0.1, 0.15) is 5.82 Å². The monoisotopic (exact) mass is 456 g/mol. The van der Waals surface area contributed by atoms with Gasteiger partial charge in [0.2, 0.25) is 0 Å². The number of nitrogens with zero attached hydrogens (tertiary/aromatic N) is 6. The van der Waals surface area contributed by atoms with Crippen molar-refractivity contribution in [1.82, 2.24) is 24.8 Å². The highest BCUT2D eigenvalue weighted by atomic mass is 16.2. The van der Waals surface area contributed by atoms with E-state index in [1.165, 1.54) is 11.1 Å². The van der Waals surface area contributed by atoms with Crippen molar-refractivity contribution in [3.8, 4) is 0 Å². The van der Waals surface area contributed by atoms with Gasteiger partial charge in [-0.25, -0.2) is 4.98 Å². The van der Waals surface area contributed by atoms with E-state index in [4.69, 9.17) is 4.98 Å². The van der Waals surface area contributed by atoms with Crippen LogP contribution in [0.15, 0.2) is 55.0 Å². The molecular weight excluding hydrogens is 424 g/mol. The van der Waals surface area contributed by atoms with E-state index in [1.54, 1.807) is 6.20 Å². The van der Waals surface area contributed by atoms with Crippen LogP contribution in [0.4, 0.5) is 5.82 Å². The zero-order valence-corrected chi connectivity index (χ0v) is 20.0. The number of hydrogen-bond acceptors (Lipinski definition) is 6. The van der Waals surface area contributed by atoms with Gasteiger partial charge >= 0.3 is 0 Å². The molecule has 1 amide bonds. The number of piperazine rings is 1. The van der Waals surface area contributed by atoms with Crippen LogP contribution in [0.1, 0.15) is 51.8 Å². The molecule has 34 heavy (non-hydrogen) atoms. The second kappa shape index (κ2) is 9.89. The minimum absolute atomic E-state index is 0.0438. The molecule has 0 saturated carbocycles. The Morgan fingerprint density at radius 2 is 1.91 bits per heavy atom. The van der Waals surface area contributed by atoms with E-state index < -0.39 is 0 Å². The average molecular weight is 457 g/mol. The second-order valence-electron chi connectivity index (χ2n) is 9.45. The number of pyridine rings is 1. The maximum Gasteiger partial charge on any atom is 0.254 e. The SMILES string of the molecule is Cc1cccc(Cc2cncc([C@H]3CCCN3C(=O)c3ccnc(N4CCN(C)CC4)c3)n2)c1. The van der Waals surface area contributed by atoms with Crippen molar-refractivity contribution < 1.29 is 4.79 Å². The number of likely N-dealkylation sites (N-methyl/N-ethyl adjacent to an activating group) is 1. The lowest BCUT2D eigenvalue weighted by Crippen LogP contribution is -2.44. The number of carbonyl (C=O) groups excluding carboxylic acids is 1. The smallest absolute Gasteiger partial charge is 0.254 e. The zero-order valence-electron chi connectivity index (χ0n) is 20.0. The Morgan fingerprint density at radius 3 is 2.74 bits per heavy atom. The third-order valence-corrected chi connectivity index (χ3v) is 6.85. The Morgan fingerprint density at radius 1 is 1.06 bits per heavy atom. The van der Waals surface area contributed by atoms with Gasteiger partial charge in [0.15, 0.2) is 0 Å². The summed E-state index contributed by atoms with van der Waals surface area (Å²) in [5.74, 6) is 0.931. The molecule has 0 aliphatic carbocycles. The van der Waals surface area contributed by atoms with E-state index in [9.17, 15) is 4.79 Å². The largest absolute Gasteiger partial charge is 0.354 e. The molecule has 2 aromatic heterocycles. The van der Waals surface area contributed by atoms with Gasteiger partial charge in [-0.15, -0.1) is 0 Å². The number of amides is 1. The molecule has 2 aliphatic rings. The summed E-state index contributed by atoms with van der Waals surface area (Å²) in [6.07, 6.45) is 8.02. The Labute approximate surface area is 201 Å². The van der Waals surface area contributed by atoms with Gasteiger partial charge in [0, 0.05) is 57.1 Å². The molecule has 3 aromatic rings. The fraction of sp³-hybridized carbons (Fsp3) is 0.407. The molecule has 7 nitrogen and oxygen atoms in total. The lowest BCUT2D eigenvalue weighted by molar-refractivity contribution is 0.0732. The van der Waals surface area contributed by atoms with Crippen molar-refractivity contribution >= 4 is 11.7 Å². The molecule has 5 rings (SSSR count). The highest BCUT2D eigenvalue weighted by Crippen LogP contribution is 2.32. The first-order valence-corrected chi connectivity index (χ1v) is 12.1. The molecule has 7 heteroatoms. The van der Waals surface area contributed by atoms with Gasteiger partial charge in [-0.2, -0.15) is 0 Å². The van der Waals surface area contributed by atoms with E-state index >= 15 is 0 Å². The normalized spacial score (nSPS) is 18.9. The highest BCUT2D eigenvalue weighted by Gasteiger charge is 2.32. The Balaban J connectivity index is 1.33. The molecule has 176 valence electrons. The predicted molar refractivity (Wildman–Crippen MR) is 133 cm³/mol. The fourth-order valence-electron chi connectivity index (χ4n) is 4.94. The van der Waals surface area contributed by atoms with Crippen LogP contribution in [0.25, 0.3) is 0 Å². The van der Waals surface area contributed by atoms with Crippen LogP contribution in [0.3, 0.4) is 0 Å². The maximum absolute atomic E-state index is 13.6. The second-order valence-corrected chi connectivity index (χ2v) is 9.45. The van der Waals surface area contributed by atoms with Crippen molar-refractivity contribution in [3.63, 3.8) is 0 Å². The van der Waals surface area contributed by atoms with Gasteiger partial charge in [-0.05, 0) is 44.5 Å². The minimum Gasteiger partial charge on any atom is -0.354 e. The quantitative estimate of drug-likeness (QED) is 0.586. The van der Waals surface area contributed by atoms with Crippen LogP contribution >= 0.6 is 0 Å². The summed E-state index contributed by atoms with van der Waals surface area (Å²) in [5, 5.41) is 0. The molecule has 0 unspecified atom stereocenters. The molecule has 2 aliphatic heterocycles. The van der Waals surface area contributed by atoms with Crippen LogP contribution in [-0.4, -0.2) is 70.4 Å². The summed E-state index contributed by atoms with van der Waals surface area (Å²) in [4.78, 5) is 34.0. The van der Waals surface area contributed by atoms with Crippen LogP contribution < -0.4 is 4.90 Å². The predicted octanol–water partition coefficient (Wildman–Crippen LogP) is 3.50. The van der Waals surface area contributed by atoms with Crippen molar-refractivity contribution in [2.75, 3.05) is 44.7 Å². The lowest BCUT2D eigenvalue weighted by atomic mass is 10.1. The number of anilines is 1. The first-order chi connectivity index (χ1) is 16.6. The number of rotatable bonds is 5. The molecule has 4 heterocycles. The van der Waals surface area contributed by atoms with Crippen LogP contribution in [0, 0.1) is 6.92 Å². The summed E-state index contributed by atoms with van der Waals surface area (Å²) < 4.78 is 0. The average Bonchev–Trinajstić information content (AvgIpc) is 3.34. The molecule has 1 aromatic carbocycles. The summed E-state index contributed by atoms with van der Waals surface area (Å²) in [6.45, 7) is 6.70. The Kier molecular flexibility index (Phi) is 6.54. The van der Waals surface area contributed by atoms with E-state index in [1.807, 2.05) is 29.4 Å². The van der Waals surface area contributed by atoms with Gasteiger partial charge in [-0.1, -0.05) is 29.8 Å². The molecule has 2 fully saturated rings. The molecule has 0 radical (unpaired) electrons. The Bertz CT molecular complexity index is 1160. The van der Waals surface area contributed by atoms with E-state index in [-0.39, 0.29) is 11.9 Å². The topological polar surface area (TPSA) is 65.5 Å². The summed E-state index contributed by atoms with van der Waals surface area (Å²) in [5.41, 5.74) is 4.97. The standard InChI is InChI=1S/C27H32N6O/c1-20-5-3-6-21(15-20)16-23-18-28-19-24(30-23)25-7-4-10-33(25)27(34)22-8-9-29-26(17-22)32-13-11-31(2)12-14-32/h3,5-6,8-9,15,17-19,25H,4,7,10-14,16H2,1-2H3/t25-/m1/s1. The molecule has 0 bridgehead atoms. The third-order valence-electron chi connectivity index (χ3n) is 6.85. The van der Waals surface area contributed by atoms with E-state index in [0.717, 1.165) is 69.2 Å². The van der Waals surface area contributed by atoms with Crippen molar-refractivity contribution in [1.29, 1.82) is 0 Å². The number of hydrogen-bond donors (Lipinski definition) is 0. The summed E-state index contributed by atoms with van der Waals surface area (Å²) in [7, 11) is 2.14. The first-order valence-electron chi connectivity index (χ1n) is 12.1. The molecular formula is C27H32N6O. The van der Waals surface area contributed by atoms with Crippen molar-refractivity contribution in [2.45, 2.75) is 32.2 Å². The first kappa shape index (κ1) is 22.5. The minimum atomic E-state index is -0.0438. The van der Waals surface area contributed by atoms with Gasteiger partial charge in [-0.3, -0.25) is 14.8 Å². The van der Waals surface area contributed by atoms with E-state index in [2.05, 4.69) is 58.0 Å². The number of benzene rings is 1. The number of carbonyl (C=O) groups is 1. The lowest BCUT2D eigenvalue weighted by Gasteiger charge is -2.33. The fourth-order valence-corrected chi connectivity index (χ4v) is 4.94. The van der Waals surface area contributed by atoms with Crippen molar-refractivity contribution in [3.05, 3.63) is 83.1 Å². The van der Waals surface area contributed by atoms with Crippen LogP contribution in [0.2, 0.25) is 0 Å². The maximum atomic E-state index is 13.6. The molecule has 0 N–H and O–H groups in total. The highest BCUT2D eigenvalue weighted by molar-refractivity contribution is 5.95. The van der Waals surface area contributed by atoms with Crippen molar-refractivity contribution in [2.24, 2.45) is 0 Å². The summed E-state index contributed by atoms with van der Waals surface area (Å²) >= 11 is 0. The number of aromatic nitrogens is 3. The van der Waals surface area contributed by atoms with Gasteiger partial charge in [0.25, 0.3) is 5.91 Å². The third kappa shape index (κ3) is 4.94. The molecule has 1 atom stereocenters. The van der Waals surface area contributed by atoms with Crippen LogP contribution in [0.5, 0.6) is 0 Å².